The molecule has 3 aromatic rings. The van der Waals surface area contributed by atoms with E-state index in [-0.39, 0.29) is 6.04 Å². The molecule has 2 heterocycles. The summed E-state index contributed by atoms with van der Waals surface area (Å²) < 4.78 is 7.35. The summed E-state index contributed by atoms with van der Waals surface area (Å²) in [5, 5.41) is 4.42. The van der Waals surface area contributed by atoms with Crippen LogP contribution in [0.4, 0.5) is 0 Å². The van der Waals surface area contributed by atoms with E-state index in [4.69, 9.17) is 4.74 Å². The average Bonchev–Trinajstić information content (AvgIpc) is 3.20. The van der Waals surface area contributed by atoms with Gasteiger partial charge in [0.15, 0.2) is 0 Å². The summed E-state index contributed by atoms with van der Waals surface area (Å²) in [6, 6.07) is 21.6. The Morgan fingerprint density at radius 2 is 1.66 bits per heavy atom. The highest BCUT2D eigenvalue weighted by Crippen LogP contribution is 2.30. The Bertz CT molecular complexity index is 883. The normalized spacial score (nSPS) is 16.6. The first kappa shape index (κ1) is 19.7. The lowest BCUT2D eigenvalue weighted by Gasteiger charge is -2.39. The Kier molecular flexibility index (Phi) is 6.27. The first-order valence-electron chi connectivity index (χ1n) is 10.4. The second-order valence-electron chi connectivity index (χ2n) is 7.67. The highest BCUT2D eigenvalue weighted by atomic mass is 16.5. The molecule has 0 bridgehead atoms. The molecular formula is C24H30N4O. The number of methoxy groups -OCH3 is 1. The predicted molar refractivity (Wildman–Crippen MR) is 116 cm³/mol. The van der Waals surface area contributed by atoms with Gasteiger partial charge in [0.05, 0.1) is 18.8 Å². The van der Waals surface area contributed by atoms with Gasteiger partial charge < -0.3 is 9.64 Å². The highest BCUT2D eigenvalue weighted by Gasteiger charge is 2.28. The maximum atomic E-state index is 5.35. The molecule has 0 amide bonds. The van der Waals surface area contributed by atoms with Crippen molar-refractivity contribution in [1.82, 2.24) is 19.6 Å². The summed E-state index contributed by atoms with van der Waals surface area (Å²) in [6.45, 7) is 5.42. The summed E-state index contributed by atoms with van der Waals surface area (Å²) in [5.41, 5.74) is 3.93. The van der Waals surface area contributed by atoms with Crippen molar-refractivity contribution < 1.29 is 4.74 Å². The molecule has 4 rings (SSSR count). The van der Waals surface area contributed by atoms with E-state index in [0.717, 1.165) is 44.9 Å². The van der Waals surface area contributed by atoms with Crippen LogP contribution in [0.25, 0.3) is 0 Å². The topological polar surface area (TPSA) is 33.5 Å². The number of piperazine rings is 1. The highest BCUT2D eigenvalue weighted by molar-refractivity contribution is 5.33. The zero-order valence-corrected chi connectivity index (χ0v) is 17.4. The Hall–Kier alpha value is -2.63. The smallest absolute Gasteiger partial charge is 0.118 e. The van der Waals surface area contributed by atoms with Crippen molar-refractivity contribution in [2.75, 3.05) is 39.8 Å². The van der Waals surface area contributed by atoms with E-state index >= 15 is 0 Å². The lowest BCUT2D eigenvalue weighted by Crippen LogP contribution is -2.48. The molecule has 152 valence electrons. The number of rotatable bonds is 7. The van der Waals surface area contributed by atoms with Crippen molar-refractivity contribution >= 4 is 0 Å². The number of benzene rings is 2. The van der Waals surface area contributed by atoms with Gasteiger partial charge in [-0.3, -0.25) is 9.58 Å². The Labute approximate surface area is 173 Å². The number of nitrogens with zero attached hydrogens (tertiary/aromatic N) is 4. The van der Waals surface area contributed by atoms with Crippen LogP contribution in [0.15, 0.2) is 66.9 Å². The van der Waals surface area contributed by atoms with Crippen LogP contribution in [0.5, 0.6) is 5.75 Å². The molecule has 29 heavy (non-hydrogen) atoms. The predicted octanol–water partition coefficient (Wildman–Crippen LogP) is 3.38. The lowest BCUT2D eigenvalue weighted by molar-refractivity contribution is 0.107. The maximum absolute atomic E-state index is 5.35. The van der Waals surface area contributed by atoms with Crippen LogP contribution in [0.2, 0.25) is 0 Å². The number of hydrogen-bond acceptors (Lipinski definition) is 4. The fraction of sp³-hybridized carbons (Fsp3) is 0.375. The second kappa shape index (κ2) is 9.25. The van der Waals surface area contributed by atoms with Gasteiger partial charge in [0.2, 0.25) is 0 Å². The molecule has 2 aromatic carbocycles. The standard InChI is InChI=1S/C24H30N4O/c1-26-23(12-14-25-26)24(21-8-10-22(29-2)11-9-21)28-18-16-27(17-19-28)15-13-20-6-4-3-5-7-20/h3-12,14,24H,13,15-19H2,1-2H3. The van der Waals surface area contributed by atoms with Gasteiger partial charge in [-0.1, -0.05) is 42.5 Å². The van der Waals surface area contributed by atoms with Gasteiger partial charge in [-0.2, -0.15) is 5.10 Å². The van der Waals surface area contributed by atoms with Gasteiger partial charge in [0.1, 0.15) is 5.75 Å². The summed E-state index contributed by atoms with van der Waals surface area (Å²) in [4.78, 5) is 5.16. The zero-order valence-electron chi connectivity index (χ0n) is 17.4. The molecule has 0 N–H and O–H groups in total. The van der Waals surface area contributed by atoms with Crippen molar-refractivity contribution in [2.45, 2.75) is 12.5 Å². The van der Waals surface area contributed by atoms with Crippen molar-refractivity contribution in [3.05, 3.63) is 83.7 Å². The van der Waals surface area contributed by atoms with E-state index in [9.17, 15) is 0 Å². The number of aromatic nitrogens is 2. The molecule has 0 radical (unpaired) electrons. The molecule has 0 spiro atoms. The summed E-state index contributed by atoms with van der Waals surface area (Å²) in [7, 11) is 3.74. The van der Waals surface area contributed by atoms with Crippen LogP contribution in [0.3, 0.4) is 0 Å². The average molecular weight is 391 g/mol. The van der Waals surface area contributed by atoms with Gasteiger partial charge in [-0.15, -0.1) is 0 Å². The molecule has 1 aromatic heterocycles. The van der Waals surface area contributed by atoms with Crippen molar-refractivity contribution in [2.24, 2.45) is 7.05 Å². The molecule has 1 atom stereocenters. The largest absolute Gasteiger partial charge is 0.497 e. The first-order chi connectivity index (χ1) is 14.2. The van der Waals surface area contributed by atoms with Crippen LogP contribution in [0, 0.1) is 0 Å². The Balaban J connectivity index is 1.44. The van der Waals surface area contributed by atoms with Crippen molar-refractivity contribution in [3.63, 3.8) is 0 Å². The van der Waals surface area contributed by atoms with Crippen LogP contribution < -0.4 is 4.74 Å². The number of ether oxygens (including phenoxy) is 1. The molecule has 0 saturated carbocycles. The zero-order chi connectivity index (χ0) is 20.1. The van der Waals surface area contributed by atoms with Crippen LogP contribution >= 0.6 is 0 Å². The second-order valence-corrected chi connectivity index (χ2v) is 7.67. The fourth-order valence-electron chi connectivity index (χ4n) is 4.18. The lowest BCUT2D eigenvalue weighted by atomic mass is 10.0. The molecule has 5 heteroatoms. The van der Waals surface area contributed by atoms with Crippen LogP contribution in [0.1, 0.15) is 22.9 Å². The molecule has 1 saturated heterocycles. The third kappa shape index (κ3) is 4.69. The molecule has 1 aliphatic rings. The van der Waals surface area contributed by atoms with E-state index in [0.29, 0.717) is 0 Å². The van der Waals surface area contributed by atoms with E-state index in [1.54, 1.807) is 7.11 Å². The SMILES string of the molecule is COc1ccc(C(c2ccnn2C)N2CCN(CCc3ccccc3)CC2)cc1. The van der Waals surface area contributed by atoms with Gasteiger partial charge in [-0.05, 0) is 35.7 Å². The molecular weight excluding hydrogens is 360 g/mol. The van der Waals surface area contributed by atoms with Crippen LogP contribution in [-0.2, 0) is 13.5 Å². The molecule has 1 fully saturated rings. The minimum Gasteiger partial charge on any atom is -0.497 e. The number of hydrogen-bond donors (Lipinski definition) is 0. The maximum Gasteiger partial charge on any atom is 0.118 e. The quantitative estimate of drug-likeness (QED) is 0.619. The van der Waals surface area contributed by atoms with E-state index in [1.807, 2.05) is 17.9 Å². The van der Waals surface area contributed by atoms with E-state index < -0.39 is 0 Å². The molecule has 1 unspecified atom stereocenters. The van der Waals surface area contributed by atoms with Gasteiger partial charge in [0, 0.05) is 46.0 Å². The third-order valence-corrected chi connectivity index (χ3v) is 5.90. The monoisotopic (exact) mass is 390 g/mol. The van der Waals surface area contributed by atoms with Gasteiger partial charge in [0.25, 0.3) is 0 Å². The Morgan fingerprint density at radius 1 is 0.931 bits per heavy atom. The molecule has 0 aliphatic carbocycles. The van der Waals surface area contributed by atoms with Gasteiger partial charge >= 0.3 is 0 Å². The van der Waals surface area contributed by atoms with E-state index in [2.05, 4.69) is 75.6 Å². The minimum absolute atomic E-state index is 0.213. The first-order valence-corrected chi connectivity index (χ1v) is 10.4. The summed E-state index contributed by atoms with van der Waals surface area (Å²) in [6.07, 6.45) is 3.01. The van der Waals surface area contributed by atoms with Crippen molar-refractivity contribution in [1.29, 1.82) is 0 Å². The molecule has 5 nitrogen and oxygen atoms in total. The summed E-state index contributed by atoms with van der Waals surface area (Å²) in [5.74, 6) is 0.892. The van der Waals surface area contributed by atoms with E-state index in [1.165, 1.54) is 16.8 Å². The Morgan fingerprint density at radius 3 is 2.28 bits per heavy atom. The number of aryl methyl sites for hydroxylation is 1. The minimum atomic E-state index is 0.213. The fourth-order valence-corrected chi connectivity index (χ4v) is 4.18. The summed E-state index contributed by atoms with van der Waals surface area (Å²) >= 11 is 0. The van der Waals surface area contributed by atoms with Gasteiger partial charge in [-0.25, -0.2) is 0 Å². The van der Waals surface area contributed by atoms with Crippen LogP contribution in [-0.4, -0.2) is 59.4 Å². The third-order valence-electron chi connectivity index (χ3n) is 5.90. The van der Waals surface area contributed by atoms with Crippen molar-refractivity contribution in [3.8, 4) is 5.75 Å². The molecule has 1 aliphatic heterocycles.